The lowest BCUT2D eigenvalue weighted by Crippen LogP contribution is -2.56. The third-order valence-electron chi connectivity index (χ3n) is 3.73. The molecule has 1 amide bonds. The lowest BCUT2D eigenvalue weighted by atomic mass is 9.98. The molecule has 0 spiro atoms. The molecule has 15 heavy (non-hydrogen) atoms. The van der Waals surface area contributed by atoms with Crippen molar-refractivity contribution in [1.29, 1.82) is 0 Å². The van der Waals surface area contributed by atoms with Gasteiger partial charge in [-0.2, -0.15) is 0 Å². The standard InChI is InChI=1S/C11H21N3O/c1-13-7-2-3-10(13)11(15)14-8-5-9(14)4-6-12/h9-10H,2-8,12H2,1H3. The maximum atomic E-state index is 12.2. The van der Waals surface area contributed by atoms with Gasteiger partial charge in [0, 0.05) is 12.6 Å². The molecule has 2 N–H and O–H groups in total. The van der Waals surface area contributed by atoms with E-state index >= 15 is 0 Å². The molecule has 2 unspecified atom stereocenters. The Bertz CT molecular complexity index is 244. The molecule has 2 aliphatic heterocycles. The topological polar surface area (TPSA) is 49.6 Å². The molecule has 2 rings (SSSR count). The fourth-order valence-electron chi connectivity index (χ4n) is 2.64. The molecule has 2 heterocycles. The molecule has 2 saturated heterocycles. The van der Waals surface area contributed by atoms with E-state index in [4.69, 9.17) is 5.73 Å². The van der Waals surface area contributed by atoms with E-state index in [2.05, 4.69) is 4.90 Å². The van der Waals surface area contributed by atoms with Crippen LogP contribution in [0.25, 0.3) is 0 Å². The first-order valence-electron chi connectivity index (χ1n) is 5.95. The lowest BCUT2D eigenvalue weighted by molar-refractivity contribution is -0.143. The van der Waals surface area contributed by atoms with Crippen LogP contribution in [0.2, 0.25) is 0 Å². The molecule has 4 nitrogen and oxygen atoms in total. The van der Waals surface area contributed by atoms with Crippen LogP contribution in [-0.2, 0) is 4.79 Å². The van der Waals surface area contributed by atoms with Crippen LogP contribution in [0, 0.1) is 0 Å². The van der Waals surface area contributed by atoms with Crippen molar-refractivity contribution in [1.82, 2.24) is 9.80 Å². The Balaban J connectivity index is 1.90. The van der Waals surface area contributed by atoms with E-state index in [1.54, 1.807) is 0 Å². The highest BCUT2D eigenvalue weighted by Crippen LogP contribution is 2.25. The zero-order valence-corrected chi connectivity index (χ0v) is 9.48. The number of carbonyl (C=O) groups excluding carboxylic acids is 1. The van der Waals surface area contributed by atoms with Gasteiger partial charge in [0.15, 0.2) is 0 Å². The number of hydrogen-bond donors (Lipinski definition) is 1. The largest absolute Gasteiger partial charge is 0.338 e. The highest BCUT2D eigenvalue weighted by molar-refractivity contribution is 5.83. The molecule has 0 aliphatic carbocycles. The van der Waals surface area contributed by atoms with Gasteiger partial charge in [0.05, 0.1) is 6.04 Å². The van der Waals surface area contributed by atoms with Gasteiger partial charge in [-0.3, -0.25) is 9.69 Å². The second-order valence-electron chi connectivity index (χ2n) is 4.69. The summed E-state index contributed by atoms with van der Waals surface area (Å²) in [6.45, 7) is 2.69. The summed E-state index contributed by atoms with van der Waals surface area (Å²) in [6, 6.07) is 0.571. The highest BCUT2D eigenvalue weighted by atomic mass is 16.2. The van der Waals surface area contributed by atoms with Gasteiger partial charge in [-0.1, -0.05) is 0 Å². The SMILES string of the molecule is CN1CCCC1C(=O)N1CCC1CCN. The molecular formula is C11H21N3O. The van der Waals surface area contributed by atoms with Gasteiger partial charge < -0.3 is 10.6 Å². The monoisotopic (exact) mass is 211 g/mol. The average molecular weight is 211 g/mol. The van der Waals surface area contributed by atoms with Crippen molar-refractivity contribution in [2.75, 3.05) is 26.7 Å². The van der Waals surface area contributed by atoms with Gasteiger partial charge in [-0.25, -0.2) is 0 Å². The van der Waals surface area contributed by atoms with Crippen LogP contribution in [-0.4, -0.2) is 54.5 Å². The molecule has 0 bridgehead atoms. The van der Waals surface area contributed by atoms with Crippen LogP contribution < -0.4 is 5.73 Å². The molecule has 2 aliphatic rings. The minimum absolute atomic E-state index is 0.144. The lowest BCUT2D eigenvalue weighted by Gasteiger charge is -2.43. The van der Waals surface area contributed by atoms with Crippen LogP contribution in [0.15, 0.2) is 0 Å². The number of hydrogen-bond acceptors (Lipinski definition) is 3. The van der Waals surface area contributed by atoms with Crippen molar-refractivity contribution in [2.45, 2.75) is 37.8 Å². The summed E-state index contributed by atoms with van der Waals surface area (Å²) in [7, 11) is 2.05. The van der Waals surface area contributed by atoms with Crippen molar-refractivity contribution >= 4 is 5.91 Å². The smallest absolute Gasteiger partial charge is 0.240 e. The van der Waals surface area contributed by atoms with Crippen LogP contribution >= 0.6 is 0 Å². The number of nitrogens with two attached hydrogens (primary N) is 1. The van der Waals surface area contributed by atoms with E-state index in [-0.39, 0.29) is 6.04 Å². The Morgan fingerprint density at radius 1 is 1.40 bits per heavy atom. The molecule has 4 heteroatoms. The number of rotatable bonds is 3. The number of carbonyl (C=O) groups is 1. The van der Waals surface area contributed by atoms with E-state index in [1.165, 1.54) is 0 Å². The summed E-state index contributed by atoms with van der Waals surface area (Å²) in [5, 5.41) is 0. The molecule has 2 atom stereocenters. The molecule has 0 aromatic rings. The Morgan fingerprint density at radius 2 is 2.20 bits per heavy atom. The Hall–Kier alpha value is -0.610. The summed E-state index contributed by atoms with van der Waals surface area (Å²) in [6.07, 6.45) is 4.28. The van der Waals surface area contributed by atoms with Crippen molar-refractivity contribution in [3.63, 3.8) is 0 Å². The van der Waals surface area contributed by atoms with Crippen molar-refractivity contribution in [3.8, 4) is 0 Å². The average Bonchev–Trinajstić information content (AvgIpc) is 2.59. The van der Waals surface area contributed by atoms with E-state index in [9.17, 15) is 4.79 Å². The van der Waals surface area contributed by atoms with Crippen LogP contribution in [0.5, 0.6) is 0 Å². The van der Waals surface area contributed by atoms with Gasteiger partial charge in [0.25, 0.3) is 0 Å². The summed E-state index contributed by atoms with van der Waals surface area (Å²) in [5.41, 5.74) is 5.53. The third-order valence-corrected chi connectivity index (χ3v) is 3.73. The number of amides is 1. The normalized spacial score (nSPS) is 31.7. The van der Waals surface area contributed by atoms with E-state index in [0.29, 0.717) is 18.5 Å². The van der Waals surface area contributed by atoms with E-state index in [1.807, 2.05) is 11.9 Å². The van der Waals surface area contributed by atoms with Crippen molar-refractivity contribution in [2.24, 2.45) is 5.73 Å². The van der Waals surface area contributed by atoms with Gasteiger partial charge in [-0.15, -0.1) is 0 Å². The summed E-state index contributed by atoms with van der Waals surface area (Å²) < 4.78 is 0. The number of likely N-dealkylation sites (N-methyl/N-ethyl adjacent to an activating group) is 1. The third kappa shape index (κ3) is 2.01. The fourth-order valence-corrected chi connectivity index (χ4v) is 2.64. The first kappa shape index (κ1) is 10.9. The molecule has 0 aromatic heterocycles. The summed E-state index contributed by atoms with van der Waals surface area (Å²) >= 11 is 0. The first-order chi connectivity index (χ1) is 7.24. The Kier molecular flexibility index (Phi) is 3.26. The maximum absolute atomic E-state index is 12.2. The second kappa shape index (κ2) is 4.49. The Labute approximate surface area is 91.4 Å². The maximum Gasteiger partial charge on any atom is 0.240 e. The summed E-state index contributed by atoms with van der Waals surface area (Å²) in [5.74, 6) is 0.333. The van der Waals surface area contributed by atoms with Crippen LogP contribution in [0.3, 0.4) is 0 Å². The molecule has 0 radical (unpaired) electrons. The van der Waals surface area contributed by atoms with E-state index < -0.39 is 0 Å². The quantitative estimate of drug-likeness (QED) is 0.716. The number of nitrogens with zero attached hydrogens (tertiary/aromatic N) is 2. The summed E-state index contributed by atoms with van der Waals surface area (Å²) in [4.78, 5) is 16.4. The fraction of sp³-hybridized carbons (Fsp3) is 0.909. The predicted octanol–water partition coefficient (Wildman–Crippen LogP) is 0.0303. The molecule has 2 fully saturated rings. The molecular weight excluding hydrogens is 190 g/mol. The van der Waals surface area contributed by atoms with Crippen LogP contribution in [0.1, 0.15) is 25.7 Å². The molecule has 86 valence electrons. The molecule has 0 aromatic carbocycles. The predicted molar refractivity (Wildman–Crippen MR) is 59.4 cm³/mol. The minimum atomic E-state index is 0.144. The van der Waals surface area contributed by atoms with Gasteiger partial charge >= 0.3 is 0 Å². The highest BCUT2D eigenvalue weighted by Gasteiger charge is 2.38. The zero-order valence-electron chi connectivity index (χ0n) is 9.48. The van der Waals surface area contributed by atoms with Crippen molar-refractivity contribution < 1.29 is 4.79 Å². The minimum Gasteiger partial charge on any atom is -0.338 e. The van der Waals surface area contributed by atoms with Crippen LogP contribution in [0.4, 0.5) is 0 Å². The van der Waals surface area contributed by atoms with E-state index in [0.717, 1.165) is 38.8 Å². The first-order valence-corrected chi connectivity index (χ1v) is 5.95. The zero-order chi connectivity index (χ0) is 10.8. The van der Waals surface area contributed by atoms with Gasteiger partial charge in [0.1, 0.15) is 0 Å². The Morgan fingerprint density at radius 3 is 2.67 bits per heavy atom. The number of likely N-dealkylation sites (tertiary alicyclic amines) is 2. The second-order valence-corrected chi connectivity index (χ2v) is 4.69. The van der Waals surface area contributed by atoms with Gasteiger partial charge in [-0.05, 0) is 45.8 Å². The van der Waals surface area contributed by atoms with Gasteiger partial charge in [0.2, 0.25) is 5.91 Å². The van der Waals surface area contributed by atoms with Crippen molar-refractivity contribution in [3.05, 3.63) is 0 Å². The molecule has 0 saturated carbocycles.